The summed E-state index contributed by atoms with van der Waals surface area (Å²) < 4.78 is 5.53. The Morgan fingerprint density at radius 1 is 1.23 bits per heavy atom. The van der Waals surface area contributed by atoms with Gasteiger partial charge in [-0.05, 0) is 61.3 Å². The van der Waals surface area contributed by atoms with Crippen LogP contribution in [0.3, 0.4) is 0 Å². The van der Waals surface area contributed by atoms with E-state index in [4.69, 9.17) is 16.3 Å². The highest BCUT2D eigenvalue weighted by molar-refractivity contribution is 6.30. The van der Waals surface area contributed by atoms with Gasteiger partial charge in [0.25, 0.3) is 0 Å². The maximum Gasteiger partial charge on any atom is 0.186 e. The summed E-state index contributed by atoms with van der Waals surface area (Å²) in [7, 11) is 0. The van der Waals surface area contributed by atoms with E-state index in [-0.39, 0.29) is 0 Å². The standard InChI is InChI=1S/C23H32ClNO/c1-4-5-19-6-8-20(9-7-19)23(21-10-12-22(24)13-11-21)16-17(2)25-14-15-26-18(25)3/h10-13,19-20,23H,2-9,14-16H2,1H3. The summed E-state index contributed by atoms with van der Waals surface area (Å²) in [5, 5.41) is 0.805. The first-order valence-electron chi connectivity index (χ1n) is 10.1. The van der Waals surface area contributed by atoms with Gasteiger partial charge in [0.15, 0.2) is 5.88 Å². The van der Waals surface area contributed by atoms with Gasteiger partial charge in [-0.2, -0.15) is 0 Å². The molecule has 1 saturated carbocycles. The molecule has 3 rings (SSSR count). The van der Waals surface area contributed by atoms with Crippen molar-refractivity contribution in [2.24, 2.45) is 11.8 Å². The molecule has 26 heavy (non-hydrogen) atoms. The Hall–Kier alpha value is -1.41. The molecule has 0 N–H and O–H groups in total. The van der Waals surface area contributed by atoms with Crippen LogP contribution in [0.2, 0.25) is 5.02 Å². The van der Waals surface area contributed by atoms with Gasteiger partial charge < -0.3 is 9.64 Å². The Bertz CT molecular complexity index is 616. The summed E-state index contributed by atoms with van der Waals surface area (Å²) >= 11 is 6.13. The molecule has 1 aliphatic heterocycles. The summed E-state index contributed by atoms with van der Waals surface area (Å²) in [6.45, 7) is 12.3. The summed E-state index contributed by atoms with van der Waals surface area (Å²) in [5.74, 6) is 2.89. The van der Waals surface area contributed by atoms with Crippen molar-refractivity contribution in [1.29, 1.82) is 0 Å². The second-order valence-electron chi connectivity index (χ2n) is 7.89. The van der Waals surface area contributed by atoms with E-state index in [0.717, 1.165) is 41.4 Å². The van der Waals surface area contributed by atoms with Crippen molar-refractivity contribution in [1.82, 2.24) is 4.90 Å². The van der Waals surface area contributed by atoms with Crippen molar-refractivity contribution in [2.45, 2.75) is 57.8 Å². The van der Waals surface area contributed by atoms with E-state index in [1.54, 1.807) is 0 Å². The molecular weight excluding hydrogens is 342 g/mol. The molecule has 1 unspecified atom stereocenters. The molecule has 2 nitrogen and oxygen atoms in total. The number of nitrogens with zero attached hydrogens (tertiary/aromatic N) is 1. The van der Waals surface area contributed by atoms with E-state index in [1.807, 2.05) is 12.1 Å². The first-order chi connectivity index (χ1) is 12.6. The van der Waals surface area contributed by atoms with Crippen LogP contribution in [0.15, 0.2) is 49.0 Å². The summed E-state index contributed by atoms with van der Waals surface area (Å²) in [5.41, 5.74) is 2.52. The molecule has 1 heterocycles. The Balaban J connectivity index is 1.73. The zero-order chi connectivity index (χ0) is 18.5. The third-order valence-corrected chi connectivity index (χ3v) is 6.43. The highest BCUT2D eigenvalue weighted by Gasteiger charge is 2.30. The van der Waals surface area contributed by atoms with E-state index in [9.17, 15) is 0 Å². The second kappa shape index (κ2) is 8.99. The Kier molecular flexibility index (Phi) is 6.69. The largest absolute Gasteiger partial charge is 0.477 e. The molecule has 1 saturated heterocycles. The topological polar surface area (TPSA) is 12.5 Å². The van der Waals surface area contributed by atoms with Gasteiger partial charge in [-0.15, -0.1) is 0 Å². The quantitative estimate of drug-likeness (QED) is 0.524. The van der Waals surface area contributed by atoms with Crippen molar-refractivity contribution in [2.75, 3.05) is 13.2 Å². The fourth-order valence-electron chi connectivity index (χ4n) is 4.71. The number of ether oxygens (including phenoxy) is 1. The first-order valence-corrected chi connectivity index (χ1v) is 10.5. The smallest absolute Gasteiger partial charge is 0.186 e. The molecule has 0 bridgehead atoms. The summed E-state index contributed by atoms with van der Waals surface area (Å²) in [6.07, 6.45) is 9.04. The van der Waals surface area contributed by atoms with E-state index in [1.165, 1.54) is 44.1 Å². The predicted molar refractivity (Wildman–Crippen MR) is 110 cm³/mol. The SMILES string of the molecule is C=C(CC(c1ccc(Cl)cc1)C1CCC(CCC)CC1)N1CCOC1=C. The van der Waals surface area contributed by atoms with Crippen molar-refractivity contribution >= 4 is 11.6 Å². The molecule has 0 radical (unpaired) electrons. The van der Waals surface area contributed by atoms with Crippen LogP contribution in [0, 0.1) is 11.8 Å². The van der Waals surface area contributed by atoms with Crippen LogP contribution in [-0.2, 0) is 4.74 Å². The predicted octanol–water partition coefficient (Wildman–Crippen LogP) is 6.74. The molecule has 3 heteroatoms. The van der Waals surface area contributed by atoms with Crippen molar-refractivity contribution in [3.63, 3.8) is 0 Å². The minimum Gasteiger partial charge on any atom is -0.477 e. The molecule has 0 spiro atoms. The van der Waals surface area contributed by atoms with Crippen LogP contribution in [-0.4, -0.2) is 18.1 Å². The van der Waals surface area contributed by atoms with Crippen LogP contribution in [0.4, 0.5) is 0 Å². The molecule has 1 aromatic carbocycles. The molecule has 1 atom stereocenters. The van der Waals surface area contributed by atoms with Crippen LogP contribution < -0.4 is 0 Å². The van der Waals surface area contributed by atoms with Gasteiger partial charge in [0.1, 0.15) is 6.61 Å². The number of rotatable bonds is 7. The van der Waals surface area contributed by atoms with Gasteiger partial charge in [0, 0.05) is 10.7 Å². The molecule has 2 fully saturated rings. The van der Waals surface area contributed by atoms with E-state index in [0.29, 0.717) is 12.5 Å². The summed E-state index contributed by atoms with van der Waals surface area (Å²) in [6, 6.07) is 8.45. The van der Waals surface area contributed by atoms with Gasteiger partial charge in [0.05, 0.1) is 6.54 Å². The number of allylic oxidation sites excluding steroid dienone is 1. The average molecular weight is 374 g/mol. The van der Waals surface area contributed by atoms with Gasteiger partial charge in [0.2, 0.25) is 0 Å². The number of benzene rings is 1. The maximum absolute atomic E-state index is 6.13. The van der Waals surface area contributed by atoms with E-state index < -0.39 is 0 Å². The van der Waals surface area contributed by atoms with E-state index in [2.05, 4.69) is 37.1 Å². The molecule has 2 aliphatic rings. The second-order valence-corrected chi connectivity index (χ2v) is 8.33. The highest BCUT2D eigenvalue weighted by Crippen LogP contribution is 2.43. The van der Waals surface area contributed by atoms with Crippen LogP contribution in [0.1, 0.15) is 63.4 Å². The van der Waals surface area contributed by atoms with Crippen LogP contribution in [0.5, 0.6) is 0 Å². The van der Waals surface area contributed by atoms with Gasteiger partial charge >= 0.3 is 0 Å². The van der Waals surface area contributed by atoms with Crippen molar-refractivity contribution < 1.29 is 4.74 Å². The fourth-order valence-corrected chi connectivity index (χ4v) is 4.84. The maximum atomic E-state index is 6.13. The molecule has 142 valence electrons. The lowest BCUT2D eigenvalue weighted by Gasteiger charge is -2.35. The molecule has 0 amide bonds. The molecule has 1 aromatic rings. The van der Waals surface area contributed by atoms with Crippen LogP contribution >= 0.6 is 11.6 Å². The minimum atomic E-state index is 0.496. The zero-order valence-corrected chi connectivity index (χ0v) is 16.8. The van der Waals surface area contributed by atoms with E-state index >= 15 is 0 Å². The Labute approximate surface area is 163 Å². The Morgan fingerprint density at radius 3 is 2.50 bits per heavy atom. The fraction of sp³-hybridized carbons (Fsp3) is 0.565. The Morgan fingerprint density at radius 2 is 1.92 bits per heavy atom. The molecule has 0 aromatic heterocycles. The lowest BCUT2D eigenvalue weighted by atomic mass is 9.71. The molecule has 1 aliphatic carbocycles. The van der Waals surface area contributed by atoms with Crippen molar-refractivity contribution in [3.8, 4) is 0 Å². The number of hydrogen-bond donors (Lipinski definition) is 0. The van der Waals surface area contributed by atoms with Gasteiger partial charge in [-0.25, -0.2) is 0 Å². The monoisotopic (exact) mass is 373 g/mol. The first kappa shape index (κ1) is 19.4. The van der Waals surface area contributed by atoms with Gasteiger partial charge in [-0.1, -0.05) is 62.9 Å². The number of hydrogen-bond acceptors (Lipinski definition) is 2. The highest BCUT2D eigenvalue weighted by atomic mass is 35.5. The van der Waals surface area contributed by atoms with Crippen LogP contribution in [0.25, 0.3) is 0 Å². The summed E-state index contributed by atoms with van der Waals surface area (Å²) in [4.78, 5) is 2.14. The lowest BCUT2D eigenvalue weighted by molar-refractivity contribution is 0.222. The normalized spacial score (nSPS) is 24.4. The lowest BCUT2D eigenvalue weighted by Crippen LogP contribution is -2.24. The average Bonchev–Trinajstić information content (AvgIpc) is 3.08. The minimum absolute atomic E-state index is 0.496. The third-order valence-electron chi connectivity index (χ3n) is 6.18. The van der Waals surface area contributed by atoms with Gasteiger partial charge in [-0.3, -0.25) is 0 Å². The third kappa shape index (κ3) is 4.65. The number of halogens is 1. The molecular formula is C23H32ClNO. The van der Waals surface area contributed by atoms with Crippen molar-refractivity contribution in [3.05, 3.63) is 59.6 Å². The zero-order valence-electron chi connectivity index (χ0n) is 16.1.